The monoisotopic (exact) mass is 214 g/mol. The number of hydrogen-bond donors (Lipinski definition) is 2. The van der Waals surface area contributed by atoms with E-state index in [0.29, 0.717) is 5.82 Å². The van der Waals surface area contributed by atoms with E-state index in [1.807, 2.05) is 23.9 Å². The molecule has 0 aliphatic carbocycles. The highest BCUT2D eigenvalue weighted by molar-refractivity contribution is 5.99. The lowest BCUT2D eigenvalue weighted by atomic mass is 10.2. The molecular formula is C10H10N6. The number of aryl methyl sites for hydroxylation is 1. The fourth-order valence-corrected chi connectivity index (χ4v) is 1.84. The molecule has 0 saturated heterocycles. The maximum atomic E-state index is 5.87. The molecule has 0 radical (unpaired) electrons. The van der Waals surface area contributed by atoms with Crippen molar-refractivity contribution < 1.29 is 0 Å². The molecular weight excluding hydrogens is 204 g/mol. The molecule has 3 rings (SSSR count). The van der Waals surface area contributed by atoms with Crippen LogP contribution in [0.4, 0.5) is 5.82 Å². The molecule has 16 heavy (non-hydrogen) atoms. The molecule has 0 bridgehead atoms. The molecule has 0 spiro atoms. The smallest absolute Gasteiger partial charge is 0.145 e. The Morgan fingerprint density at radius 1 is 1.38 bits per heavy atom. The number of aromatic nitrogens is 5. The quantitative estimate of drug-likeness (QED) is 0.631. The normalized spacial score (nSPS) is 11.1. The van der Waals surface area contributed by atoms with Crippen molar-refractivity contribution in [3.05, 3.63) is 24.8 Å². The van der Waals surface area contributed by atoms with Crippen LogP contribution in [-0.2, 0) is 7.05 Å². The van der Waals surface area contributed by atoms with Crippen molar-refractivity contribution in [1.82, 2.24) is 24.7 Å². The molecule has 0 saturated carbocycles. The Labute approximate surface area is 91.1 Å². The number of nitrogens with zero attached hydrogens (tertiary/aromatic N) is 4. The van der Waals surface area contributed by atoms with E-state index in [-0.39, 0.29) is 0 Å². The zero-order chi connectivity index (χ0) is 11.1. The van der Waals surface area contributed by atoms with Crippen molar-refractivity contribution in [1.29, 1.82) is 0 Å². The molecule has 3 N–H and O–H groups in total. The molecule has 0 aromatic carbocycles. The second-order valence-electron chi connectivity index (χ2n) is 3.57. The Bertz CT molecular complexity index is 637. The second kappa shape index (κ2) is 3.06. The third kappa shape index (κ3) is 1.10. The highest BCUT2D eigenvalue weighted by Gasteiger charge is 2.14. The number of aromatic amines is 1. The number of hydrogen-bond acceptors (Lipinski definition) is 4. The summed E-state index contributed by atoms with van der Waals surface area (Å²) in [6.07, 6.45) is 5.19. The first kappa shape index (κ1) is 8.90. The summed E-state index contributed by atoms with van der Waals surface area (Å²) in [4.78, 5) is 8.21. The van der Waals surface area contributed by atoms with Crippen LogP contribution in [0.1, 0.15) is 0 Å². The van der Waals surface area contributed by atoms with Crippen LogP contribution in [0.15, 0.2) is 24.8 Å². The Morgan fingerprint density at radius 3 is 3.00 bits per heavy atom. The maximum Gasteiger partial charge on any atom is 0.145 e. The Balaban J connectivity index is 2.42. The van der Waals surface area contributed by atoms with E-state index in [9.17, 15) is 0 Å². The second-order valence-corrected chi connectivity index (χ2v) is 3.57. The molecule has 3 heterocycles. The van der Waals surface area contributed by atoms with Gasteiger partial charge in [0, 0.05) is 25.0 Å². The van der Waals surface area contributed by atoms with Crippen molar-refractivity contribution in [3.63, 3.8) is 0 Å². The standard InChI is InChI=1S/C10H10N6/c1-16-4-6(7-2-3-14-15-7)8-9(11)12-5-13-10(8)16/h2-5H,1H3,(H,14,15)(H2,11,12,13). The van der Waals surface area contributed by atoms with Gasteiger partial charge in [0.1, 0.15) is 17.8 Å². The molecule has 0 unspecified atom stereocenters. The van der Waals surface area contributed by atoms with E-state index < -0.39 is 0 Å². The van der Waals surface area contributed by atoms with Crippen LogP contribution in [0.3, 0.4) is 0 Å². The van der Waals surface area contributed by atoms with Crippen LogP contribution in [0.2, 0.25) is 0 Å². The van der Waals surface area contributed by atoms with Crippen molar-refractivity contribution in [2.45, 2.75) is 0 Å². The summed E-state index contributed by atoms with van der Waals surface area (Å²) in [5, 5.41) is 7.77. The summed E-state index contributed by atoms with van der Waals surface area (Å²) in [5.74, 6) is 0.476. The van der Waals surface area contributed by atoms with Gasteiger partial charge in [0.05, 0.1) is 11.1 Å². The summed E-state index contributed by atoms with van der Waals surface area (Å²) in [7, 11) is 1.92. The highest BCUT2D eigenvalue weighted by Crippen LogP contribution is 2.30. The number of nitrogens with one attached hydrogen (secondary N) is 1. The van der Waals surface area contributed by atoms with Gasteiger partial charge in [-0.15, -0.1) is 0 Å². The minimum atomic E-state index is 0.476. The minimum Gasteiger partial charge on any atom is -0.383 e. The zero-order valence-corrected chi connectivity index (χ0v) is 8.68. The number of rotatable bonds is 1. The van der Waals surface area contributed by atoms with E-state index in [4.69, 9.17) is 5.73 Å². The summed E-state index contributed by atoms with van der Waals surface area (Å²) in [6, 6.07) is 1.89. The molecule has 3 aromatic rings. The summed E-state index contributed by atoms with van der Waals surface area (Å²) < 4.78 is 1.91. The lowest BCUT2D eigenvalue weighted by molar-refractivity contribution is 0.944. The molecule has 0 aliphatic heterocycles. The number of H-pyrrole nitrogens is 1. The van der Waals surface area contributed by atoms with Gasteiger partial charge in [0.25, 0.3) is 0 Å². The minimum absolute atomic E-state index is 0.476. The summed E-state index contributed by atoms with van der Waals surface area (Å²) in [6.45, 7) is 0. The molecule has 80 valence electrons. The van der Waals surface area contributed by atoms with E-state index in [2.05, 4.69) is 20.2 Å². The third-order valence-electron chi connectivity index (χ3n) is 2.56. The van der Waals surface area contributed by atoms with Gasteiger partial charge in [0.15, 0.2) is 0 Å². The zero-order valence-electron chi connectivity index (χ0n) is 8.68. The van der Waals surface area contributed by atoms with Crippen LogP contribution in [0, 0.1) is 0 Å². The van der Waals surface area contributed by atoms with Gasteiger partial charge < -0.3 is 10.3 Å². The fraction of sp³-hybridized carbons (Fsp3) is 0.100. The van der Waals surface area contributed by atoms with E-state index in [0.717, 1.165) is 22.3 Å². The molecule has 0 amide bonds. The van der Waals surface area contributed by atoms with Gasteiger partial charge in [-0.25, -0.2) is 9.97 Å². The van der Waals surface area contributed by atoms with Gasteiger partial charge in [-0.2, -0.15) is 5.10 Å². The first-order valence-electron chi connectivity index (χ1n) is 4.83. The predicted molar refractivity (Wildman–Crippen MR) is 60.5 cm³/mol. The molecule has 3 aromatic heterocycles. The van der Waals surface area contributed by atoms with E-state index in [1.165, 1.54) is 6.33 Å². The van der Waals surface area contributed by atoms with Gasteiger partial charge in [-0.05, 0) is 6.07 Å². The molecule has 0 atom stereocenters. The van der Waals surface area contributed by atoms with Gasteiger partial charge in [-0.3, -0.25) is 5.10 Å². The van der Waals surface area contributed by atoms with Gasteiger partial charge >= 0.3 is 0 Å². The lowest BCUT2D eigenvalue weighted by Crippen LogP contribution is -1.94. The Morgan fingerprint density at radius 2 is 2.25 bits per heavy atom. The van der Waals surface area contributed by atoms with Gasteiger partial charge in [-0.1, -0.05) is 0 Å². The van der Waals surface area contributed by atoms with Crippen molar-refractivity contribution in [2.24, 2.45) is 7.05 Å². The first-order chi connectivity index (χ1) is 7.77. The molecule has 0 aliphatic rings. The largest absolute Gasteiger partial charge is 0.383 e. The van der Waals surface area contributed by atoms with Crippen LogP contribution in [-0.4, -0.2) is 24.7 Å². The maximum absolute atomic E-state index is 5.87. The van der Waals surface area contributed by atoms with Crippen molar-refractivity contribution >= 4 is 16.9 Å². The van der Waals surface area contributed by atoms with Crippen LogP contribution in [0.25, 0.3) is 22.3 Å². The Kier molecular flexibility index (Phi) is 1.70. The van der Waals surface area contributed by atoms with Crippen molar-refractivity contribution in [3.8, 4) is 11.3 Å². The number of nitrogens with two attached hydrogens (primary N) is 1. The average Bonchev–Trinajstić information content (AvgIpc) is 2.87. The van der Waals surface area contributed by atoms with Gasteiger partial charge in [0.2, 0.25) is 0 Å². The highest BCUT2D eigenvalue weighted by atomic mass is 15.1. The first-order valence-corrected chi connectivity index (χ1v) is 4.83. The van der Waals surface area contributed by atoms with Crippen LogP contribution < -0.4 is 5.73 Å². The summed E-state index contributed by atoms with van der Waals surface area (Å²) in [5.41, 5.74) is 8.47. The number of fused-ring (bicyclic) bond motifs is 1. The average molecular weight is 214 g/mol. The summed E-state index contributed by atoms with van der Waals surface area (Å²) >= 11 is 0. The van der Waals surface area contributed by atoms with Crippen LogP contribution >= 0.6 is 0 Å². The molecule has 0 fully saturated rings. The Hall–Kier alpha value is -2.37. The topological polar surface area (TPSA) is 85.4 Å². The number of anilines is 1. The van der Waals surface area contributed by atoms with E-state index >= 15 is 0 Å². The van der Waals surface area contributed by atoms with Crippen molar-refractivity contribution in [2.75, 3.05) is 5.73 Å². The molecule has 6 heteroatoms. The van der Waals surface area contributed by atoms with Crippen LogP contribution in [0.5, 0.6) is 0 Å². The third-order valence-corrected chi connectivity index (χ3v) is 2.56. The lowest BCUT2D eigenvalue weighted by Gasteiger charge is -1.97. The fourth-order valence-electron chi connectivity index (χ4n) is 1.84. The molecule has 6 nitrogen and oxygen atoms in total. The van der Waals surface area contributed by atoms with E-state index in [1.54, 1.807) is 6.20 Å². The number of nitrogen functional groups attached to an aromatic ring is 1. The SMILES string of the molecule is Cn1cc(-c2cc[nH]n2)c2c(N)ncnc21. The predicted octanol–water partition coefficient (Wildman–Crippen LogP) is 0.941.